The van der Waals surface area contributed by atoms with Gasteiger partial charge in [0.15, 0.2) is 0 Å². The first-order valence-electron chi connectivity index (χ1n) is 2.96. The molecule has 0 saturated heterocycles. The summed E-state index contributed by atoms with van der Waals surface area (Å²) < 4.78 is 0. The van der Waals surface area contributed by atoms with E-state index in [2.05, 4.69) is 10.3 Å². The molecule has 1 heterocycles. The zero-order valence-electron chi connectivity index (χ0n) is 5.66. The molecule has 0 unspecified atom stereocenters. The van der Waals surface area contributed by atoms with Gasteiger partial charge in [0.1, 0.15) is 0 Å². The first kappa shape index (κ1) is 6.74. The Balaban J connectivity index is 2.85. The molecule has 3 heteroatoms. The molecule has 1 aromatic rings. The Labute approximate surface area is 59.1 Å². The molecule has 0 saturated carbocycles. The molecule has 0 spiro atoms. The van der Waals surface area contributed by atoms with E-state index in [0.717, 1.165) is 0 Å². The maximum atomic E-state index is 10.9. The van der Waals surface area contributed by atoms with Gasteiger partial charge in [0.05, 0.1) is 0 Å². The average Bonchev–Trinajstić information content (AvgIpc) is 2.05. The van der Waals surface area contributed by atoms with Crippen molar-refractivity contribution in [2.45, 2.75) is 0 Å². The van der Waals surface area contributed by atoms with Crippen molar-refractivity contribution in [1.29, 1.82) is 0 Å². The van der Waals surface area contributed by atoms with E-state index < -0.39 is 0 Å². The fourth-order valence-electron chi connectivity index (χ4n) is 0.648. The SMILES string of the molecule is C[15NH]C(=O)c1ccncc1. The van der Waals surface area contributed by atoms with Gasteiger partial charge in [-0.25, -0.2) is 0 Å². The summed E-state index contributed by atoms with van der Waals surface area (Å²) in [7, 11) is 1.60. The Morgan fingerprint density at radius 1 is 1.50 bits per heavy atom. The van der Waals surface area contributed by atoms with E-state index in [-0.39, 0.29) is 5.91 Å². The van der Waals surface area contributed by atoms with Crippen molar-refractivity contribution in [3.63, 3.8) is 0 Å². The smallest absolute Gasteiger partial charge is 0.251 e. The Bertz CT molecular complexity index is 220. The molecule has 1 rings (SSSR count). The van der Waals surface area contributed by atoms with Crippen LogP contribution in [0.15, 0.2) is 24.5 Å². The highest BCUT2D eigenvalue weighted by Gasteiger charge is 1.98. The number of carbonyl (C=O) groups excluding carboxylic acids is 1. The van der Waals surface area contributed by atoms with Crippen LogP contribution in [0.4, 0.5) is 0 Å². The molecule has 0 aliphatic heterocycles. The molecule has 0 bridgehead atoms. The largest absolute Gasteiger partial charge is 0.355 e. The number of nitrogens with zero attached hydrogens (tertiary/aromatic N) is 1. The zero-order chi connectivity index (χ0) is 7.40. The molecule has 1 aromatic heterocycles. The number of carbonyl (C=O) groups is 1. The van der Waals surface area contributed by atoms with Crippen molar-refractivity contribution in [3.05, 3.63) is 30.1 Å². The number of nitrogens with one attached hydrogen (secondary N) is 1. The molecule has 0 aromatic carbocycles. The van der Waals surface area contributed by atoms with Crippen LogP contribution in [-0.2, 0) is 0 Å². The van der Waals surface area contributed by atoms with Crippen molar-refractivity contribution in [3.8, 4) is 0 Å². The third-order valence-electron chi connectivity index (χ3n) is 1.17. The minimum Gasteiger partial charge on any atom is -0.355 e. The monoisotopic (exact) mass is 137 g/mol. The standard InChI is InChI=1S/C7H8N2O/c1-8-7(10)6-2-4-9-5-3-6/h2-5H,1H3,(H,8,10)/i8+1. The van der Waals surface area contributed by atoms with Gasteiger partial charge >= 0.3 is 0 Å². The van der Waals surface area contributed by atoms with E-state index in [1.165, 1.54) is 0 Å². The second kappa shape index (κ2) is 2.96. The van der Waals surface area contributed by atoms with Crippen LogP contribution >= 0.6 is 0 Å². The van der Waals surface area contributed by atoms with Gasteiger partial charge in [-0.15, -0.1) is 0 Å². The summed E-state index contributed by atoms with van der Waals surface area (Å²) in [4.78, 5) is 14.7. The summed E-state index contributed by atoms with van der Waals surface area (Å²) in [6, 6.07) is 3.33. The number of hydrogen-bond donors (Lipinski definition) is 1. The van der Waals surface area contributed by atoms with Gasteiger partial charge in [0, 0.05) is 25.0 Å². The van der Waals surface area contributed by atoms with Crippen molar-refractivity contribution in [2.24, 2.45) is 0 Å². The summed E-state index contributed by atoms with van der Waals surface area (Å²) in [5, 5.41) is 2.51. The van der Waals surface area contributed by atoms with Crippen LogP contribution in [0.25, 0.3) is 0 Å². The fourth-order valence-corrected chi connectivity index (χ4v) is 0.648. The third kappa shape index (κ3) is 1.31. The molecule has 1 N–H and O–H groups in total. The Morgan fingerprint density at radius 2 is 2.10 bits per heavy atom. The van der Waals surface area contributed by atoms with E-state index in [1.54, 1.807) is 31.6 Å². The fraction of sp³-hybridized carbons (Fsp3) is 0.143. The van der Waals surface area contributed by atoms with Gasteiger partial charge in [-0.2, -0.15) is 0 Å². The third-order valence-corrected chi connectivity index (χ3v) is 1.17. The predicted octanol–water partition coefficient (Wildman–Crippen LogP) is 0.441. The lowest BCUT2D eigenvalue weighted by atomic mass is 10.3. The molecular formula is C7H8N2O. The van der Waals surface area contributed by atoms with E-state index >= 15 is 0 Å². The van der Waals surface area contributed by atoms with Gasteiger partial charge in [0.2, 0.25) is 0 Å². The maximum Gasteiger partial charge on any atom is 0.251 e. The highest BCUT2D eigenvalue weighted by atomic mass is 16.2. The van der Waals surface area contributed by atoms with Crippen molar-refractivity contribution < 1.29 is 4.79 Å². The molecule has 0 aliphatic carbocycles. The highest BCUT2D eigenvalue weighted by Crippen LogP contribution is 1.93. The Morgan fingerprint density at radius 3 is 2.60 bits per heavy atom. The molecular weight excluding hydrogens is 129 g/mol. The van der Waals surface area contributed by atoms with E-state index in [9.17, 15) is 4.79 Å². The first-order chi connectivity index (χ1) is 4.84. The molecule has 10 heavy (non-hydrogen) atoms. The van der Waals surface area contributed by atoms with Gasteiger partial charge in [-0.1, -0.05) is 0 Å². The van der Waals surface area contributed by atoms with Crippen LogP contribution in [-0.4, -0.2) is 17.9 Å². The van der Waals surface area contributed by atoms with Crippen LogP contribution in [0.3, 0.4) is 0 Å². The van der Waals surface area contributed by atoms with Crippen molar-refractivity contribution in [1.82, 2.24) is 10.3 Å². The summed E-state index contributed by atoms with van der Waals surface area (Å²) in [6.45, 7) is 0. The van der Waals surface area contributed by atoms with Crippen molar-refractivity contribution in [2.75, 3.05) is 7.05 Å². The number of hydrogen-bond acceptors (Lipinski definition) is 2. The highest BCUT2D eigenvalue weighted by molar-refractivity contribution is 5.93. The normalized spacial score (nSPS) is 8.90. The van der Waals surface area contributed by atoms with E-state index in [0.29, 0.717) is 5.56 Å². The minimum atomic E-state index is -0.0811. The molecule has 0 aliphatic rings. The van der Waals surface area contributed by atoms with E-state index in [4.69, 9.17) is 0 Å². The summed E-state index contributed by atoms with van der Waals surface area (Å²) in [5.41, 5.74) is 0.637. The second-order valence-corrected chi connectivity index (χ2v) is 1.82. The maximum absolute atomic E-state index is 10.9. The lowest BCUT2D eigenvalue weighted by Crippen LogP contribution is -2.17. The molecule has 1 amide bonds. The number of pyridine rings is 1. The molecule has 3 nitrogen and oxygen atoms in total. The lowest BCUT2D eigenvalue weighted by molar-refractivity contribution is 0.0963. The first-order valence-corrected chi connectivity index (χ1v) is 2.96. The van der Waals surface area contributed by atoms with Crippen molar-refractivity contribution >= 4 is 5.91 Å². The quantitative estimate of drug-likeness (QED) is 0.571. The Kier molecular flexibility index (Phi) is 1.99. The van der Waals surface area contributed by atoms with Crippen LogP contribution in [0.2, 0.25) is 0 Å². The van der Waals surface area contributed by atoms with Gasteiger partial charge in [-0.3, -0.25) is 9.78 Å². The number of rotatable bonds is 1. The summed E-state index contributed by atoms with van der Waals surface area (Å²) >= 11 is 0. The zero-order valence-corrected chi connectivity index (χ0v) is 5.66. The second-order valence-electron chi connectivity index (χ2n) is 1.82. The van der Waals surface area contributed by atoms with Gasteiger partial charge in [0.25, 0.3) is 5.91 Å². The topological polar surface area (TPSA) is 42.0 Å². The van der Waals surface area contributed by atoms with Gasteiger partial charge < -0.3 is 5.32 Å². The number of aromatic nitrogens is 1. The molecule has 0 fully saturated rings. The molecule has 0 radical (unpaired) electrons. The van der Waals surface area contributed by atoms with E-state index in [1.807, 2.05) is 0 Å². The molecule has 0 atom stereocenters. The molecule has 52 valence electrons. The number of amides is 1. The van der Waals surface area contributed by atoms with Crippen LogP contribution < -0.4 is 5.32 Å². The average molecular weight is 137 g/mol. The Hall–Kier alpha value is -1.38. The van der Waals surface area contributed by atoms with Gasteiger partial charge in [-0.05, 0) is 12.1 Å². The summed E-state index contributed by atoms with van der Waals surface area (Å²) in [6.07, 6.45) is 3.18. The van der Waals surface area contributed by atoms with Crippen LogP contribution in [0.5, 0.6) is 0 Å². The predicted molar refractivity (Wildman–Crippen MR) is 37.6 cm³/mol. The van der Waals surface area contributed by atoms with Crippen LogP contribution in [0, 0.1) is 0 Å². The lowest BCUT2D eigenvalue weighted by Gasteiger charge is -1.95. The minimum absolute atomic E-state index is 0.0811. The van der Waals surface area contributed by atoms with Crippen LogP contribution in [0.1, 0.15) is 10.4 Å². The summed E-state index contributed by atoms with van der Waals surface area (Å²) in [5.74, 6) is -0.0811.